The van der Waals surface area contributed by atoms with Gasteiger partial charge in [0.15, 0.2) is 0 Å². The van der Waals surface area contributed by atoms with E-state index in [2.05, 4.69) is 36.6 Å². The summed E-state index contributed by atoms with van der Waals surface area (Å²) in [4.78, 5) is 28.7. The molecule has 2 saturated carbocycles. The molecule has 8 atom stereocenters. The van der Waals surface area contributed by atoms with Crippen LogP contribution in [0.5, 0.6) is 0 Å². The lowest BCUT2D eigenvalue weighted by Crippen LogP contribution is -2.95. The molecule has 4 heterocycles. The molecule has 9 aliphatic rings. The number of ether oxygens (including phenoxy) is 2. The fourth-order valence-electron chi connectivity index (χ4n) is 11.6. The molecular weight excluding hydrogens is 641 g/mol. The van der Waals surface area contributed by atoms with Crippen molar-refractivity contribution in [2.75, 3.05) is 24.8 Å². The van der Waals surface area contributed by atoms with Crippen molar-refractivity contribution in [1.82, 2.24) is 5.32 Å². The molecule has 7 nitrogen and oxygen atoms in total. The monoisotopic (exact) mass is 695 g/mol. The summed E-state index contributed by atoms with van der Waals surface area (Å²) in [5.41, 5.74) is 3.75. The molecule has 4 aliphatic heterocycles. The van der Waals surface area contributed by atoms with Gasteiger partial charge in [0.2, 0.25) is 0 Å². The summed E-state index contributed by atoms with van der Waals surface area (Å²) < 4.78 is 12.8. The summed E-state index contributed by atoms with van der Waals surface area (Å²) in [6, 6.07) is 0. The average molecular weight is 696 g/mol. The summed E-state index contributed by atoms with van der Waals surface area (Å²) in [5, 5.41) is 16.4. The van der Waals surface area contributed by atoms with Crippen molar-refractivity contribution >= 4 is 33.5 Å². The maximum Gasteiger partial charge on any atom is 0.340 e. The van der Waals surface area contributed by atoms with E-state index in [1.807, 2.05) is 21.6 Å². The van der Waals surface area contributed by atoms with Gasteiger partial charge in [-0.3, -0.25) is 5.32 Å². The van der Waals surface area contributed by atoms with Crippen LogP contribution in [0.15, 0.2) is 46.0 Å². The minimum Gasteiger partial charge on any atom is -0.427 e. The van der Waals surface area contributed by atoms with Crippen LogP contribution in [0.2, 0.25) is 0 Å². The van der Waals surface area contributed by atoms with Gasteiger partial charge in [-0.15, -0.1) is 0 Å². The van der Waals surface area contributed by atoms with Gasteiger partial charge < -0.3 is 19.9 Å². The van der Waals surface area contributed by atoms with Crippen LogP contribution in [0.25, 0.3) is 0 Å². The van der Waals surface area contributed by atoms with Gasteiger partial charge in [-0.25, -0.2) is 9.59 Å². The minimum atomic E-state index is -0.605. The number of hydrogen-bond acceptors (Lipinski definition) is 8. The van der Waals surface area contributed by atoms with Crippen LogP contribution >= 0.6 is 21.6 Å². The third-order valence-corrected chi connectivity index (χ3v) is 16.3. The molecule has 0 aromatic heterocycles. The SMILES string of the molecule is CCC1(C=C2OC(=O)C3=C2CC[C@@H]2[C@@H]3[C@]34CC[C@H]2C2=C3C(=O)OC4=CC[C@@H](C)CSSCNC3CC(CC[NH2+]3)[C@@H]2CCCO)CCCC1. The Balaban J connectivity index is 1.30. The highest BCUT2D eigenvalue weighted by Crippen LogP contribution is 2.72. The standard InChI is InChI=1S/C39H54N2O5S2/c1-3-38(14-4-5-15-38)20-29-28-10-9-27-26-12-16-39(34(27)33(28)36(43)45-29)30-11-8-23(2)21-47-48-22-41-31-19-24(13-17-40-31)25(7-6-18-42)32(26)35(39)37(44)46-30/h11,20,23-27,31,34,40-42H,3-10,12-19,21-22H2,1-2H3/p+1/t23-,24?,25+,26-,27+,31?,34+,39-/m1/s1. The Hall–Kier alpha value is -1.52. The summed E-state index contributed by atoms with van der Waals surface area (Å²) in [7, 11) is 3.83. The Bertz CT molecular complexity index is 1450. The molecule has 1 spiro atoms. The fraction of sp³-hybridized carbons (Fsp3) is 0.744. The maximum absolute atomic E-state index is 14.5. The Morgan fingerprint density at radius 3 is 2.77 bits per heavy atom. The van der Waals surface area contributed by atoms with Crippen LogP contribution in [-0.4, -0.2) is 48.0 Å². The van der Waals surface area contributed by atoms with Gasteiger partial charge in [-0.2, -0.15) is 0 Å². The zero-order valence-electron chi connectivity index (χ0n) is 28.9. The molecular formula is C39H55N2O5S2+. The molecule has 262 valence electrons. The lowest BCUT2D eigenvalue weighted by molar-refractivity contribution is -0.705. The number of hydrogen-bond donors (Lipinski definition) is 3. The Morgan fingerprint density at radius 1 is 1.10 bits per heavy atom. The molecule has 0 aromatic carbocycles. The highest BCUT2D eigenvalue weighted by molar-refractivity contribution is 8.76. The van der Waals surface area contributed by atoms with Crippen molar-refractivity contribution in [3.63, 3.8) is 0 Å². The second-order valence-corrected chi connectivity index (χ2v) is 18.8. The zero-order valence-corrected chi connectivity index (χ0v) is 30.5. The number of fused-ring (bicyclic) bond motifs is 3. The van der Waals surface area contributed by atoms with Gasteiger partial charge in [-0.05, 0) is 111 Å². The van der Waals surface area contributed by atoms with Crippen LogP contribution in [0.1, 0.15) is 104 Å². The number of esters is 2. The number of piperidine rings is 1. The molecule has 0 aromatic rings. The van der Waals surface area contributed by atoms with Gasteiger partial charge in [0.25, 0.3) is 0 Å². The number of allylic oxidation sites excluding steroid dienone is 5. The first-order valence-corrected chi connectivity index (χ1v) is 21.7. The van der Waals surface area contributed by atoms with Gasteiger partial charge >= 0.3 is 11.9 Å². The quantitative estimate of drug-likeness (QED) is 0.221. The van der Waals surface area contributed by atoms with Gasteiger partial charge in [0, 0.05) is 42.3 Å². The fourth-order valence-corrected chi connectivity index (χ4v) is 13.9. The van der Waals surface area contributed by atoms with E-state index in [-0.39, 0.29) is 47.6 Å². The Labute approximate surface area is 294 Å². The number of quaternary nitrogens is 1. The van der Waals surface area contributed by atoms with Crippen LogP contribution in [0, 0.1) is 46.3 Å². The largest absolute Gasteiger partial charge is 0.427 e. The van der Waals surface area contributed by atoms with E-state index in [4.69, 9.17) is 9.47 Å². The molecule has 2 unspecified atom stereocenters. The van der Waals surface area contributed by atoms with E-state index < -0.39 is 5.41 Å². The predicted octanol–water partition coefficient (Wildman–Crippen LogP) is 6.52. The molecule has 4 fully saturated rings. The summed E-state index contributed by atoms with van der Waals surface area (Å²) in [6.07, 6.45) is 19.3. The van der Waals surface area contributed by atoms with Crippen molar-refractivity contribution in [2.24, 2.45) is 46.3 Å². The van der Waals surface area contributed by atoms with Gasteiger partial charge in [0.1, 0.15) is 17.7 Å². The molecule has 5 aliphatic carbocycles. The number of carbonyl (C=O) groups excluding carboxylic acids is 2. The second kappa shape index (κ2) is 13.6. The highest BCUT2D eigenvalue weighted by Gasteiger charge is 2.69. The summed E-state index contributed by atoms with van der Waals surface area (Å²) in [6.45, 7) is 5.81. The number of nitrogens with one attached hydrogen (secondary N) is 1. The van der Waals surface area contributed by atoms with E-state index in [9.17, 15) is 14.7 Å². The first-order chi connectivity index (χ1) is 23.4. The molecule has 7 bridgehead atoms. The molecule has 9 heteroatoms. The van der Waals surface area contributed by atoms with Crippen LogP contribution in [-0.2, 0) is 19.1 Å². The van der Waals surface area contributed by atoms with Gasteiger partial charge in [0.05, 0.1) is 23.4 Å². The second-order valence-electron chi connectivity index (χ2n) is 16.3. The molecule has 9 rings (SSSR count). The first-order valence-electron chi connectivity index (χ1n) is 19.2. The number of cyclic esters (lactones) is 1. The van der Waals surface area contributed by atoms with E-state index in [0.29, 0.717) is 18.0 Å². The van der Waals surface area contributed by atoms with Crippen molar-refractivity contribution in [3.05, 3.63) is 46.0 Å². The smallest absolute Gasteiger partial charge is 0.340 e. The topological polar surface area (TPSA) is 101 Å². The molecule has 4 N–H and O–H groups in total. The van der Waals surface area contributed by atoms with E-state index >= 15 is 0 Å². The first kappa shape index (κ1) is 33.6. The van der Waals surface area contributed by atoms with Crippen molar-refractivity contribution in [2.45, 2.75) is 110 Å². The van der Waals surface area contributed by atoms with E-state index in [1.54, 1.807) is 0 Å². The summed E-state index contributed by atoms with van der Waals surface area (Å²) >= 11 is 0. The molecule has 48 heavy (non-hydrogen) atoms. The number of carbonyl (C=O) groups is 2. The maximum atomic E-state index is 14.5. The Kier molecular flexibility index (Phi) is 9.49. The highest BCUT2D eigenvalue weighted by atomic mass is 33.1. The van der Waals surface area contributed by atoms with Crippen molar-refractivity contribution < 1.29 is 29.5 Å². The molecule has 2 saturated heterocycles. The van der Waals surface area contributed by atoms with Crippen molar-refractivity contribution in [1.29, 1.82) is 0 Å². The van der Waals surface area contributed by atoms with Crippen LogP contribution in [0.3, 0.4) is 0 Å². The molecule has 0 amide bonds. The van der Waals surface area contributed by atoms with Crippen LogP contribution < -0.4 is 10.6 Å². The van der Waals surface area contributed by atoms with Crippen LogP contribution in [0.4, 0.5) is 0 Å². The summed E-state index contributed by atoms with van der Waals surface area (Å²) in [5.74, 6) is 4.87. The Morgan fingerprint density at radius 2 is 1.96 bits per heavy atom. The zero-order chi connectivity index (χ0) is 33.0. The van der Waals surface area contributed by atoms with E-state index in [1.165, 1.54) is 18.4 Å². The van der Waals surface area contributed by atoms with Gasteiger partial charge in [-0.1, -0.05) is 53.9 Å². The third-order valence-electron chi connectivity index (χ3n) is 13.9. The normalized spacial score (nSPS) is 40.1. The predicted molar refractivity (Wildman–Crippen MR) is 190 cm³/mol. The van der Waals surface area contributed by atoms with E-state index in [0.717, 1.165) is 123 Å². The van der Waals surface area contributed by atoms with Crippen molar-refractivity contribution in [3.8, 4) is 0 Å². The third kappa shape index (κ3) is 5.52. The number of aliphatic hydroxyl groups excluding tert-OH is 1. The average Bonchev–Trinajstić information content (AvgIpc) is 3.78. The number of rotatable bonds is 5. The minimum absolute atomic E-state index is 0.0808. The lowest BCUT2D eigenvalue weighted by atomic mass is 9.43. The lowest BCUT2D eigenvalue weighted by Gasteiger charge is -2.58. The number of aliphatic hydroxyl groups is 1. The molecule has 0 radical (unpaired) electrons. The number of nitrogens with two attached hydrogens (primary N) is 1.